The third-order valence-electron chi connectivity index (χ3n) is 3.20. The summed E-state index contributed by atoms with van der Waals surface area (Å²) in [7, 11) is 1.87. The first-order valence-corrected chi connectivity index (χ1v) is 6.13. The number of anilines is 1. The molecule has 94 valence electrons. The maximum atomic E-state index is 4.28. The second-order valence-corrected chi connectivity index (χ2v) is 4.39. The molecule has 3 rings (SSSR count). The summed E-state index contributed by atoms with van der Waals surface area (Å²) in [6, 6.07) is 8.24. The highest BCUT2D eigenvalue weighted by atomic mass is 15.0. The normalized spacial score (nSPS) is 10.6. The minimum atomic E-state index is 0.846. The molecule has 0 radical (unpaired) electrons. The predicted molar refractivity (Wildman–Crippen MR) is 77.1 cm³/mol. The molecule has 19 heavy (non-hydrogen) atoms. The van der Waals surface area contributed by atoms with Crippen LogP contribution >= 0.6 is 0 Å². The molecule has 0 fully saturated rings. The lowest BCUT2D eigenvalue weighted by Gasteiger charge is -2.08. The minimum Gasteiger partial charge on any atom is -0.373 e. The van der Waals surface area contributed by atoms with Gasteiger partial charge in [0, 0.05) is 24.8 Å². The van der Waals surface area contributed by atoms with Crippen LogP contribution in [0.3, 0.4) is 0 Å². The molecule has 3 aromatic rings. The molecule has 4 heteroatoms. The number of nitrogens with zero attached hydrogens (tertiary/aromatic N) is 3. The molecule has 1 N–H and O–H groups in total. The van der Waals surface area contributed by atoms with E-state index in [-0.39, 0.29) is 0 Å². The first kappa shape index (κ1) is 11.6. The summed E-state index contributed by atoms with van der Waals surface area (Å²) in [5.41, 5.74) is 4.43. The van der Waals surface area contributed by atoms with Gasteiger partial charge < -0.3 is 5.32 Å². The molecule has 0 saturated carbocycles. The average molecular weight is 250 g/mol. The number of aryl methyl sites for hydroxylation is 1. The van der Waals surface area contributed by atoms with E-state index in [1.807, 2.05) is 31.6 Å². The number of hydrogen-bond donors (Lipinski definition) is 1. The van der Waals surface area contributed by atoms with Gasteiger partial charge in [0.15, 0.2) is 0 Å². The Morgan fingerprint density at radius 2 is 2.00 bits per heavy atom. The molecule has 0 bridgehead atoms. The van der Waals surface area contributed by atoms with Crippen LogP contribution in [0.4, 0.5) is 5.82 Å². The van der Waals surface area contributed by atoms with Gasteiger partial charge in [-0.3, -0.25) is 4.98 Å². The topological polar surface area (TPSA) is 50.7 Å². The van der Waals surface area contributed by atoms with E-state index in [4.69, 9.17) is 0 Å². The van der Waals surface area contributed by atoms with Crippen molar-refractivity contribution in [3.63, 3.8) is 0 Å². The Morgan fingerprint density at radius 1 is 1.11 bits per heavy atom. The number of pyridine rings is 1. The molecule has 0 aliphatic heterocycles. The second-order valence-electron chi connectivity index (χ2n) is 4.39. The van der Waals surface area contributed by atoms with Gasteiger partial charge in [-0.2, -0.15) is 0 Å². The number of hydrogen-bond acceptors (Lipinski definition) is 4. The standard InChI is InChI=1S/C15H14N4/c1-10-8-17-6-5-12(10)11-3-4-14-13(7-11)15(16-2)19-9-18-14/h3-9H,1-2H3,(H,16,18,19). The number of rotatable bonds is 2. The molecular weight excluding hydrogens is 236 g/mol. The lowest BCUT2D eigenvalue weighted by molar-refractivity contribution is 1.21. The Morgan fingerprint density at radius 3 is 2.79 bits per heavy atom. The van der Waals surface area contributed by atoms with Crippen LogP contribution in [0.2, 0.25) is 0 Å². The third-order valence-corrected chi connectivity index (χ3v) is 3.20. The highest BCUT2D eigenvalue weighted by Gasteiger charge is 2.06. The van der Waals surface area contributed by atoms with Crippen molar-refractivity contribution in [3.8, 4) is 11.1 Å². The Balaban J connectivity index is 2.24. The van der Waals surface area contributed by atoms with Gasteiger partial charge in [-0.15, -0.1) is 0 Å². The van der Waals surface area contributed by atoms with Crippen LogP contribution in [-0.2, 0) is 0 Å². The lowest BCUT2D eigenvalue weighted by atomic mass is 10.0. The van der Waals surface area contributed by atoms with E-state index in [9.17, 15) is 0 Å². The molecule has 0 unspecified atom stereocenters. The molecular formula is C15H14N4. The van der Waals surface area contributed by atoms with Gasteiger partial charge in [0.1, 0.15) is 12.1 Å². The molecule has 0 aliphatic rings. The fourth-order valence-corrected chi connectivity index (χ4v) is 2.22. The fraction of sp³-hybridized carbons (Fsp3) is 0.133. The van der Waals surface area contributed by atoms with Crippen molar-refractivity contribution in [3.05, 3.63) is 48.5 Å². The predicted octanol–water partition coefficient (Wildman–Crippen LogP) is 3.04. The van der Waals surface area contributed by atoms with Gasteiger partial charge in [0.25, 0.3) is 0 Å². The van der Waals surface area contributed by atoms with Crippen molar-refractivity contribution in [2.75, 3.05) is 12.4 Å². The Bertz CT molecular complexity index is 737. The maximum absolute atomic E-state index is 4.28. The van der Waals surface area contributed by atoms with Gasteiger partial charge in [0.05, 0.1) is 5.52 Å². The number of aromatic nitrogens is 3. The third kappa shape index (κ3) is 2.01. The van der Waals surface area contributed by atoms with Crippen LogP contribution in [0.1, 0.15) is 5.56 Å². The molecule has 0 spiro atoms. The van der Waals surface area contributed by atoms with Crippen LogP contribution in [0.25, 0.3) is 22.0 Å². The zero-order valence-electron chi connectivity index (χ0n) is 10.9. The summed E-state index contributed by atoms with van der Waals surface area (Å²) in [6.45, 7) is 2.06. The first-order chi connectivity index (χ1) is 9.29. The molecule has 0 atom stereocenters. The summed E-state index contributed by atoms with van der Waals surface area (Å²) in [5, 5.41) is 4.13. The van der Waals surface area contributed by atoms with Crippen LogP contribution in [-0.4, -0.2) is 22.0 Å². The largest absolute Gasteiger partial charge is 0.373 e. The Labute approximate surface area is 111 Å². The maximum Gasteiger partial charge on any atom is 0.137 e. The Kier molecular flexibility index (Phi) is 2.83. The smallest absolute Gasteiger partial charge is 0.137 e. The Hall–Kier alpha value is -2.49. The van der Waals surface area contributed by atoms with Crippen LogP contribution < -0.4 is 5.32 Å². The quantitative estimate of drug-likeness (QED) is 0.759. The molecule has 2 aromatic heterocycles. The molecule has 0 amide bonds. The van der Waals surface area contributed by atoms with Gasteiger partial charge in [-0.05, 0) is 41.8 Å². The van der Waals surface area contributed by atoms with E-state index >= 15 is 0 Å². The molecule has 2 heterocycles. The monoisotopic (exact) mass is 250 g/mol. The van der Waals surface area contributed by atoms with Crippen molar-refractivity contribution in [2.24, 2.45) is 0 Å². The summed E-state index contributed by atoms with van der Waals surface area (Å²) in [4.78, 5) is 12.7. The van der Waals surface area contributed by atoms with Crippen LogP contribution in [0.5, 0.6) is 0 Å². The van der Waals surface area contributed by atoms with E-state index < -0.39 is 0 Å². The molecule has 4 nitrogen and oxygen atoms in total. The van der Waals surface area contributed by atoms with Crippen molar-refractivity contribution in [1.29, 1.82) is 0 Å². The number of nitrogens with one attached hydrogen (secondary N) is 1. The minimum absolute atomic E-state index is 0.846. The molecule has 1 aromatic carbocycles. The van der Waals surface area contributed by atoms with Crippen molar-refractivity contribution in [1.82, 2.24) is 15.0 Å². The van der Waals surface area contributed by atoms with Crippen molar-refractivity contribution < 1.29 is 0 Å². The van der Waals surface area contributed by atoms with E-state index in [1.54, 1.807) is 6.33 Å². The summed E-state index contributed by atoms with van der Waals surface area (Å²) in [6.07, 6.45) is 5.26. The van der Waals surface area contributed by atoms with Gasteiger partial charge in [-0.1, -0.05) is 6.07 Å². The van der Waals surface area contributed by atoms with Gasteiger partial charge in [0.2, 0.25) is 0 Å². The summed E-state index contributed by atoms with van der Waals surface area (Å²) < 4.78 is 0. The summed E-state index contributed by atoms with van der Waals surface area (Å²) in [5.74, 6) is 0.846. The second kappa shape index (κ2) is 4.65. The van der Waals surface area contributed by atoms with Crippen LogP contribution in [0, 0.1) is 6.92 Å². The molecule has 0 saturated heterocycles. The van der Waals surface area contributed by atoms with E-state index in [0.29, 0.717) is 0 Å². The van der Waals surface area contributed by atoms with E-state index in [2.05, 4.69) is 39.3 Å². The van der Waals surface area contributed by atoms with Crippen molar-refractivity contribution in [2.45, 2.75) is 6.92 Å². The van der Waals surface area contributed by atoms with Gasteiger partial charge >= 0.3 is 0 Å². The number of fused-ring (bicyclic) bond motifs is 1. The fourth-order valence-electron chi connectivity index (χ4n) is 2.22. The zero-order valence-corrected chi connectivity index (χ0v) is 10.9. The van der Waals surface area contributed by atoms with E-state index in [1.165, 1.54) is 5.56 Å². The van der Waals surface area contributed by atoms with E-state index in [0.717, 1.165) is 27.8 Å². The lowest BCUT2D eigenvalue weighted by Crippen LogP contribution is -1.95. The number of benzene rings is 1. The molecule has 0 aliphatic carbocycles. The SMILES string of the molecule is CNc1ncnc2ccc(-c3ccncc3C)cc12. The zero-order chi connectivity index (χ0) is 13.2. The highest BCUT2D eigenvalue weighted by molar-refractivity contribution is 5.92. The highest BCUT2D eigenvalue weighted by Crippen LogP contribution is 2.28. The van der Waals surface area contributed by atoms with Crippen LogP contribution in [0.15, 0.2) is 43.0 Å². The van der Waals surface area contributed by atoms with Crippen molar-refractivity contribution >= 4 is 16.7 Å². The average Bonchev–Trinajstić information content (AvgIpc) is 2.46. The first-order valence-electron chi connectivity index (χ1n) is 6.13. The van der Waals surface area contributed by atoms with Gasteiger partial charge in [-0.25, -0.2) is 9.97 Å². The summed E-state index contributed by atoms with van der Waals surface area (Å²) >= 11 is 0.